The molecule has 0 radical (unpaired) electrons. The van der Waals surface area contributed by atoms with Crippen LogP contribution in [0.15, 0.2) is 47.7 Å². The van der Waals surface area contributed by atoms with Crippen LogP contribution in [0, 0.1) is 12.3 Å². The summed E-state index contributed by atoms with van der Waals surface area (Å²) in [5.74, 6) is 5.03. The third-order valence-corrected chi connectivity index (χ3v) is 4.66. The zero-order chi connectivity index (χ0) is 20.3. The van der Waals surface area contributed by atoms with Crippen LogP contribution in [0.25, 0.3) is 0 Å². The van der Waals surface area contributed by atoms with Gasteiger partial charge in [-0.1, -0.05) is 18.1 Å². The number of terminal acetylenes is 1. The lowest BCUT2D eigenvalue weighted by Crippen LogP contribution is -2.53. The van der Waals surface area contributed by atoms with E-state index in [1.165, 1.54) is 5.56 Å². The molecule has 0 bridgehead atoms. The number of nitrogens with one attached hydrogen (secondary N) is 1. The van der Waals surface area contributed by atoms with Crippen LogP contribution in [0.1, 0.15) is 12.5 Å². The van der Waals surface area contributed by atoms with Gasteiger partial charge < -0.3 is 19.9 Å². The predicted molar refractivity (Wildman–Crippen MR) is 116 cm³/mol. The Morgan fingerprint density at radius 1 is 1.17 bits per heavy atom. The Labute approximate surface area is 172 Å². The zero-order valence-electron chi connectivity index (χ0n) is 16.9. The van der Waals surface area contributed by atoms with E-state index in [-0.39, 0.29) is 0 Å². The highest BCUT2D eigenvalue weighted by molar-refractivity contribution is 5.80. The van der Waals surface area contributed by atoms with Crippen molar-refractivity contribution in [1.29, 1.82) is 0 Å². The molecule has 1 aromatic heterocycles. The molecule has 3 rings (SSSR count). The normalized spacial score (nSPS) is 14.4. The maximum atomic E-state index is 5.41. The third kappa shape index (κ3) is 6.11. The number of hydrogen-bond acceptors (Lipinski definition) is 5. The molecule has 29 heavy (non-hydrogen) atoms. The molecule has 0 saturated carbocycles. The fourth-order valence-corrected chi connectivity index (χ4v) is 3.17. The average molecular weight is 393 g/mol. The summed E-state index contributed by atoms with van der Waals surface area (Å²) in [6.07, 6.45) is 9.66. The number of aliphatic imine (C=N–C) groups is 1. The van der Waals surface area contributed by atoms with E-state index < -0.39 is 0 Å². The number of hydrogen-bond donors (Lipinski definition) is 1. The fraction of sp³-hybridized carbons (Fsp3) is 0.409. The molecule has 0 aliphatic carbocycles. The van der Waals surface area contributed by atoms with Crippen LogP contribution in [-0.2, 0) is 6.42 Å². The first-order valence-electron chi connectivity index (χ1n) is 10.0. The SMILES string of the molecule is C#CCOc1ccc(CCN=C(NCC)N2CCN(c3ncccn3)CC2)cc1. The van der Waals surface area contributed by atoms with Crippen molar-refractivity contribution >= 4 is 11.9 Å². The van der Waals surface area contributed by atoms with E-state index in [9.17, 15) is 0 Å². The summed E-state index contributed by atoms with van der Waals surface area (Å²) < 4.78 is 5.41. The van der Waals surface area contributed by atoms with E-state index in [4.69, 9.17) is 16.2 Å². The minimum Gasteiger partial charge on any atom is -0.481 e. The number of guanidine groups is 1. The van der Waals surface area contributed by atoms with E-state index in [0.717, 1.165) is 63.3 Å². The second kappa shape index (κ2) is 10.9. The molecule has 2 aromatic rings. The second-order valence-electron chi connectivity index (χ2n) is 6.65. The summed E-state index contributed by atoms with van der Waals surface area (Å²) in [7, 11) is 0. The first-order chi connectivity index (χ1) is 14.3. The molecule has 1 aromatic carbocycles. The molecular weight excluding hydrogens is 364 g/mol. The molecule has 1 aliphatic heterocycles. The van der Waals surface area contributed by atoms with Gasteiger partial charge in [0.05, 0.1) is 0 Å². The lowest BCUT2D eigenvalue weighted by molar-refractivity contribution is 0.370. The number of nitrogens with zero attached hydrogens (tertiary/aromatic N) is 5. The molecule has 0 spiro atoms. The quantitative estimate of drug-likeness (QED) is 0.441. The molecular formula is C22H28N6O. The van der Waals surface area contributed by atoms with Crippen LogP contribution in [-0.4, -0.2) is 66.7 Å². The number of piperazine rings is 1. The van der Waals surface area contributed by atoms with Gasteiger partial charge >= 0.3 is 0 Å². The topological polar surface area (TPSA) is 65.9 Å². The number of benzene rings is 1. The molecule has 0 atom stereocenters. The van der Waals surface area contributed by atoms with Gasteiger partial charge in [0.1, 0.15) is 12.4 Å². The largest absolute Gasteiger partial charge is 0.481 e. The lowest BCUT2D eigenvalue weighted by atomic mass is 10.1. The minimum absolute atomic E-state index is 0.291. The Hall–Kier alpha value is -3.27. The Morgan fingerprint density at radius 3 is 2.55 bits per heavy atom. The summed E-state index contributed by atoms with van der Waals surface area (Å²) >= 11 is 0. The van der Waals surface area contributed by atoms with E-state index in [0.29, 0.717) is 6.61 Å². The second-order valence-corrected chi connectivity index (χ2v) is 6.65. The van der Waals surface area contributed by atoms with Crippen LogP contribution >= 0.6 is 0 Å². The van der Waals surface area contributed by atoms with E-state index in [2.05, 4.69) is 50.1 Å². The predicted octanol–water partition coefficient (Wildman–Crippen LogP) is 1.82. The fourth-order valence-electron chi connectivity index (χ4n) is 3.17. The molecule has 1 N–H and O–H groups in total. The van der Waals surface area contributed by atoms with Crippen molar-refractivity contribution in [3.05, 3.63) is 48.3 Å². The average Bonchev–Trinajstić information content (AvgIpc) is 2.79. The van der Waals surface area contributed by atoms with Crippen molar-refractivity contribution in [2.75, 3.05) is 50.8 Å². The lowest BCUT2D eigenvalue weighted by Gasteiger charge is -2.36. The van der Waals surface area contributed by atoms with Crippen molar-refractivity contribution in [3.63, 3.8) is 0 Å². The third-order valence-electron chi connectivity index (χ3n) is 4.66. The van der Waals surface area contributed by atoms with Gasteiger partial charge in [0.15, 0.2) is 5.96 Å². The number of anilines is 1. The highest BCUT2D eigenvalue weighted by atomic mass is 16.5. The highest BCUT2D eigenvalue weighted by Gasteiger charge is 2.20. The molecule has 0 unspecified atom stereocenters. The Kier molecular flexibility index (Phi) is 7.70. The van der Waals surface area contributed by atoms with Crippen molar-refractivity contribution in [2.45, 2.75) is 13.3 Å². The summed E-state index contributed by atoms with van der Waals surface area (Å²) in [5, 5.41) is 3.41. The summed E-state index contributed by atoms with van der Waals surface area (Å²) in [6.45, 7) is 7.52. The van der Waals surface area contributed by atoms with Gasteiger partial charge in [-0.15, -0.1) is 6.42 Å². The van der Waals surface area contributed by atoms with Gasteiger partial charge in [-0.05, 0) is 37.1 Å². The molecule has 0 amide bonds. The number of ether oxygens (including phenoxy) is 1. The summed E-state index contributed by atoms with van der Waals surface area (Å²) in [4.78, 5) is 18.0. The molecule has 2 heterocycles. The number of rotatable bonds is 7. The summed E-state index contributed by atoms with van der Waals surface area (Å²) in [5.41, 5.74) is 1.23. The van der Waals surface area contributed by atoms with Crippen LogP contribution in [0.5, 0.6) is 5.75 Å². The smallest absolute Gasteiger partial charge is 0.225 e. The molecule has 152 valence electrons. The molecule has 1 aliphatic rings. The molecule has 7 nitrogen and oxygen atoms in total. The minimum atomic E-state index is 0.291. The number of aromatic nitrogens is 2. The van der Waals surface area contributed by atoms with Crippen molar-refractivity contribution in [3.8, 4) is 18.1 Å². The maximum Gasteiger partial charge on any atom is 0.225 e. The van der Waals surface area contributed by atoms with Crippen LogP contribution in [0.2, 0.25) is 0 Å². The van der Waals surface area contributed by atoms with Gasteiger partial charge in [-0.3, -0.25) is 4.99 Å². The van der Waals surface area contributed by atoms with E-state index in [1.54, 1.807) is 12.4 Å². The van der Waals surface area contributed by atoms with Gasteiger partial charge in [0, 0.05) is 51.7 Å². The van der Waals surface area contributed by atoms with Crippen molar-refractivity contribution in [1.82, 2.24) is 20.2 Å². The van der Waals surface area contributed by atoms with Crippen LogP contribution < -0.4 is 15.0 Å². The van der Waals surface area contributed by atoms with Crippen LogP contribution in [0.3, 0.4) is 0 Å². The van der Waals surface area contributed by atoms with Crippen molar-refractivity contribution in [2.24, 2.45) is 4.99 Å². The molecule has 1 saturated heterocycles. The highest BCUT2D eigenvalue weighted by Crippen LogP contribution is 2.13. The van der Waals surface area contributed by atoms with E-state index in [1.807, 2.05) is 18.2 Å². The standard InChI is InChI=1S/C22H28N6O/c1-3-18-29-20-8-6-19(7-9-20)10-13-26-21(23-4-2)27-14-16-28(17-15-27)22-24-11-5-12-25-22/h1,5-9,11-12H,4,10,13-18H2,2H3,(H,23,26). The van der Waals surface area contributed by atoms with Gasteiger partial charge in [-0.25, -0.2) is 9.97 Å². The first kappa shape index (κ1) is 20.5. The van der Waals surface area contributed by atoms with Gasteiger partial charge in [0.2, 0.25) is 5.95 Å². The van der Waals surface area contributed by atoms with Crippen molar-refractivity contribution < 1.29 is 4.74 Å². The Morgan fingerprint density at radius 2 is 1.90 bits per heavy atom. The monoisotopic (exact) mass is 392 g/mol. The van der Waals surface area contributed by atoms with Gasteiger partial charge in [0.25, 0.3) is 0 Å². The summed E-state index contributed by atoms with van der Waals surface area (Å²) in [6, 6.07) is 9.87. The van der Waals surface area contributed by atoms with Crippen LogP contribution in [0.4, 0.5) is 5.95 Å². The van der Waals surface area contributed by atoms with E-state index >= 15 is 0 Å². The molecule has 1 fully saturated rings. The first-order valence-corrected chi connectivity index (χ1v) is 10.0. The zero-order valence-corrected chi connectivity index (χ0v) is 16.9. The maximum absolute atomic E-state index is 5.41. The Balaban J connectivity index is 1.51. The molecule has 7 heteroatoms. The van der Waals surface area contributed by atoms with Gasteiger partial charge in [-0.2, -0.15) is 0 Å². The Bertz CT molecular complexity index is 807.